The van der Waals surface area contributed by atoms with Crippen LogP contribution in [-0.2, 0) is 28.0 Å². The quantitative estimate of drug-likeness (QED) is 0.805. The number of thiophene rings is 1. The van der Waals surface area contributed by atoms with Gasteiger partial charge in [-0.05, 0) is 37.0 Å². The summed E-state index contributed by atoms with van der Waals surface area (Å²) in [5, 5.41) is 2.57. The third-order valence-electron chi connectivity index (χ3n) is 6.16. The summed E-state index contributed by atoms with van der Waals surface area (Å²) in [7, 11) is 1.62. The van der Waals surface area contributed by atoms with Crippen LogP contribution < -0.4 is 5.32 Å². The fraction of sp³-hybridized carbons (Fsp3) is 0.500. The molecule has 2 aliphatic heterocycles. The second kappa shape index (κ2) is 8.50. The summed E-state index contributed by atoms with van der Waals surface area (Å²) in [4.78, 5) is 15.8. The van der Waals surface area contributed by atoms with Gasteiger partial charge < -0.3 is 15.0 Å². The molecular weight excluding hydrogens is 394 g/mol. The van der Waals surface area contributed by atoms with Crippen LogP contribution in [0.3, 0.4) is 0 Å². The Kier molecular flexibility index (Phi) is 5.99. The Morgan fingerprint density at radius 1 is 1.31 bits per heavy atom. The maximum atomic E-state index is 14.1. The number of benzene rings is 1. The fourth-order valence-corrected chi connectivity index (χ4v) is 5.53. The average Bonchev–Trinajstić information content (AvgIpc) is 3.12. The van der Waals surface area contributed by atoms with Gasteiger partial charge in [0.25, 0.3) is 0 Å². The summed E-state index contributed by atoms with van der Waals surface area (Å²) in [5.74, 6) is -0.682. The van der Waals surface area contributed by atoms with E-state index in [1.807, 2.05) is 0 Å². The van der Waals surface area contributed by atoms with Gasteiger partial charge in [0.2, 0.25) is 5.91 Å². The average molecular weight is 421 g/mol. The normalized spacial score (nSPS) is 19.7. The van der Waals surface area contributed by atoms with Gasteiger partial charge in [0.15, 0.2) is 5.13 Å². The summed E-state index contributed by atoms with van der Waals surface area (Å²) in [6.45, 7) is 2.72. The van der Waals surface area contributed by atoms with Gasteiger partial charge in [-0.25, -0.2) is 4.39 Å². The minimum atomic E-state index is -0.404. The molecule has 3 heterocycles. The van der Waals surface area contributed by atoms with E-state index < -0.39 is 5.60 Å². The van der Waals surface area contributed by atoms with Crippen molar-refractivity contribution in [1.29, 1.82) is 0 Å². The fourth-order valence-electron chi connectivity index (χ4n) is 4.58. The zero-order valence-electron chi connectivity index (χ0n) is 16.5. The van der Waals surface area contributed by atoms with Crippen LogP contribution in [0.4, 0.5) is 8.78 Å². The highest BCUT2D eigenvalue weighted by Gasteiger charge is 2.42. The number of hydrogen-bond acceptors (Lipinski definition) is 4. The Morgan fingerprint density at radius 3 is 2.79 bits per heavy atom. The van der Waals surface area contributed by atoms with Crippen LogP contribution in [0.1, 0.15) is 28.8 Å². The van der Waals surface area contributed by atoms with E-state index in [2.05, 4.69) is 10.2 Å². The van der Waals surface area contributed by atoms with Crippen molar-refractivity contribution < 1.29 is 18.3 Å². The highest BCUT2D eigenvalue weighted by atomic mass is 32.1. The van der Waals surface area contributed by atoms with Gasteiger partial charge in [-0.1, -0.05) is 18.2 Å². The SMILES string of the molecule is CNC(=O)[C@@H](Cc1ccccc1F)CN1CCC2(CC1)OCCc1sc(F)cc12. The molecule has 1 saturated heterocycles. The zero-order chi connectivity index (χ0) is 20.4. The first-order valence-electron chi connectivity index (χ1n) is 10.1. The Bertz CT molecular complexity index is 877. The lowest BCUT2D eigenvalue weighted by Crippen LogP contribution is -2.48. The molecule has 4 nitrogen and oxygen atoms in total. The molecule has 4 rings (SSSR count). The van der Waals surface area contributed by atoms with Gasteiger partial charge in [0.1, 0.15) is 5.82 Å². The van der Waals surface area contributed by atoms with Gasteiger partial charge >= 0.3 is 0 Å². The number of nitrogens with one attached hydrogen (secondary N) is 1. The van der Waals surface area contributed by atoms with Gasteiger partial charge in [-0.3, -0.25) is 4.79 Å². The summed E-state index contributed by atoms with van der Waals surface area (Å²) in [6, 6.07) is 8.25. The largest absolute Gasteiger partial charge is 0.370 e. The number of piperidine rings is 1. The van der Waals surface area contributed by atoms with Crippen LogP contribution in [0.2, 0.25) is 0 Å². The smallest absolute Gasteiger partial charge is 0.224 e. The second-order valence-corrected chi connectivity index (χ2v) is 8.97. The predicted octanol–water partition coefficient (Wildman–Crippen LogP) is 3.50. The van der Waals surface area contributed by atoms with Crippen molar-refractivity contribution in [3.8, 4) is 0 Å². The lowest BCUT2D eigenvalue weighted by atomic mass is 9.82. The molecule has 1 fully saturated rings. The summed E-state index contributed by atoms with van der Waals surface area (Å²) in [5.41, 5.74) is 1.17. The number of hydrogen-bond donors (Lipinski definition) is 1. The number of carbonyl (C=O) groups is 1. The molecule has 0 aliphatic carbocycles. The van der Waals surface area contributed by atoms with Gasteiger partial charge in [0.05, 0.1) is 18.1 Å². The van der Waals surface area contributed by atoms with E-state index in [-0.39, 0.29) is 22.8 Å². The summed E-state index contributed by atoms with van der Waals surface area (Å²) >= 11 is 1.23. The lowest BCUT2D eigenvalue weighted by molar-refractivity contribution is -0.126. The minimum Gasteiger partial charge on any atom is -0.370 e. The van der Waals surface area contributed by atoms with E-state index in [1.165, 1.54) is 17.4 Å². The molecule has 0 bridgehead atoms. The number of nitrogens with zero attached hydrogens (tertiary/aromatic N) is 1. The number of likely N-dealkylation sites (tertiary alicyclic amines) is 1. The van der Waals surface area contributed by atoms with Crippen molar-refractivity contribution in [3.05, 3.63) is 57.3 Å². The number of ether oxygens (including phenoxy) is 1. The van der Waals surface area contributed by atoms with E-state index >= 15 is 0 Å². The molecule has 1 aromatic heterocycles. The van der Waals surface area contributed by atoms with Gasteiger partial charge in [0, 0.05) is 43.5 Å². The van der Waals surface area contributed by atoms with E-state index in [4.69, 9.17) is 4.74 Å². The maximum absolute atomic E-state index is 14.1. The van der Waals surface area contributed by atoms with Crippen LogP contribution in [0.15, 0.2) is 30.3 Å². The van der Waals surface area contributed by atoms with Crippen LogP contribution in [0.5, 0.6) is 0 Å². The van der Waals surface area contributed by atoms with Crippen LogP contribution >= 0.6 is 11.3 Å². The van der Waals surface area contributed by atoms with Crippen molar-refractivity contribution >= 4 is 17.2 Å². The van der Waals surface area contributed by atoms with E-state index in [0.29, 0.717) is 25.1 Å². The number of fused-ring (bicyclic) bond motifs is 2. The Labute approximate surface area is 173 Å². The zero-order valence-corrected chi connectivity index (χ0v) is 17.4. The van der Waals surface area contributed by atoms with Crippen LogP contribution in [-0.4, -0.2) is 44.1 Å². The topological polar surface area (TPSA) is 41.6 Å². The number of halogens is 2. The molecule has 7 heteroatoms. The Balaban J connectivity index is 1.43. The molecule has 0 radical (unpaired) electrons. The van der Waals surface area contributed by atoms with Gasteiger partial charge in [-0.2, -0.15) is 4.39 Å². The molecule has 1 atom stereocenters. The third kappa shape index (κ3) is 4.22. The van der Waals surface area contributed by atoms with Crippen molar-refractivity contribution in [3.63, 3.8) is 0 Å². The highest BCUT2D eigenvalue weighted by molar-refractivity contribution is 7.10. The molecular formula is C22H26F2N2O2S. The van der Waals surface area contributed by atoms with Crippen LogP contribution in [0, 0.1) is 16.9 Å². The standard InChI is InChI=1S/C22H26F2N2O2S/c1-25-21(27)16(12-15-4-2-3-5-18(15)23)14-26-9-7-22(8-10-26)17-13-20(24)29-19(17)6-11-28-22/h2-5,13,16H,6-12,14H2,1H3,(H,25,27)/t16-/m0/s1. The summed E-state index contributed by atoms with van der Waals surface area (Å²) < 4.78 is 34.1. The highest BCUT2D eigenvalue weighted by Crippen LogP contribution is 2.44. The molecule has 0 saturated carbocycles. The molecule has 29 heavy (non-hydrogen) atoms. The molecule has 2 aliphatic rings. The van der Waals surface area contributed by atoms with Crippen molar-refractivity contribution in [2.75, 3.05) is 33.3 Å². The third-order valence-corrected chi connectivity index (χ3v) is 7.14. The van der Waals surface area contributed by atoms with E-state index in [9.17, 15) is 13.6 Å². The van der Waals surface area contributed by atoms with Gasteiger partial charge in [-0.15, -0.1) is 11.3 Å². The molecule has 156 valence electrons. The Morgan fingerprint density at radius 2 is 2.07 bits per heavy atom. The first-order chi connectivity index (χ1) is 14.0. The van der Waals surface area contributed by atoms with E-state index in [1.54, 1.807) is 31.3 Å². The lowest BCUT2D eigenvalue weighted by Gasteiger charge is -2.44. The molecule has 2 aromatic rings. The molecule has 1 N–H and O–H groups in total. The first-order valence-corrected chi connectivity index (χ1v) is 10.9. The molecule has 1 amide bonds. The van der Waals surface area contributed by atoms with Crippen molar-refractivity contribution in [2.24, 2.45) is 5.92 Å². The molecule has 1 spiro atoms. The van der Waals surface area contributed by atoms with E-state index in [0.717, 1.165) is 42.8 Å². The first kappa shape index (κ1) is 20.4. The predicted molar refractivity (Wildman–Crippen MR) is 109 cm³/mol. The number of carbonyl (C=O) groups excluding carboxylic acids is 1. The van der Waals surface area contributed by atoms with Crippen molar-refractivity contribution in [2.45, 2.75) is 31.3 Å². The van der Waals surface area contributed by atoms with Crippen molar-refractivity contribution in [1.82, 2.24) is 10.2 Å². The number of rotatable bonds is 5. The maximum Gasteiger partial charge on any atom is 0.224 e. The summed E-state index contributed by atoms with van der Waals surface area (Å²) in [6.07, 6.45) is 2.69. The second-order valence-electron chi connectivity index (χ2n) is 7.89. The molecule has 0 unspecified atom stereocenters. The molecule has 1 aromatic carbocycles. The Hall–Kier alpha value is -1.83. The monoisotopic (exact) mass is 420 g/mol. The minimum absolute atomic E-state index is 0.0790. The number of amides is 1. The van der Waals surface area contributed by atoms with Crippen LogP contribution in [0.25, 0.3) is 0 Å².